The van der Waals surface area contributed by atoms with E-state index in [1.165, 1.54) is 16.3 Å². The second-order valence-electron chi connectivity index (χ2n) is 5.96. The second-order valence-corrected chi connectivity index (χ2v) is 7.80. The van der Waals surface area contributed by atoms with Gasteiger partial charge in [0.2, 0.25) is 0 Å². The zero-order valence-electron chi connectivity index (χ0n) is 14.2. The second kappa shape index (κ2) is 7.38. The molecule has 5 nitrogen and oxygen atoms in total. The third kappa shape index (κ3) is 3.74. The molecule has 0 aliphatic rings. The van der Waals surface area contributed by atoms with Gasteiger partial charge < -0.3 is 0 Å². The topological polar surface area (TPSA) is 63.1 Å². The molecule has 27 heavy (non-hydrogen) atoms. The number of hydrogen-bond donors (Lipinski definition) is 1. The summed E-state index contributed by atoms with van der Waals surface area (Å²) in [7, 11) is 0. The first kappa shape index (κ1) is 18.1. The molecule has 0 bridgehead atoms. The van der Waals surface area contributed by atoms with Crippen LogP contribution in [0.15, 0.2) is 58.5 Å². The Morgan fingerprint density at radius 1 is 1.04 bits per heavy atom. The zero-order chi connectivity index (χ0) is 19.0. The lowest BCUT2D eigenvalue weighted by atomic mass is 10.1. The van der Waals surface area contributed by atoms with Crippen LogP contribution in [0.5, 0.6) is 0 Å². The molecule has 0 aliphatic heterocycles. The van der Waals surface area contributed by atoms with Gasteiger partial charge in [0.15, 0.2) is 10.8 Å². The molecular weight excluding hydrogens is 403 g/mol. The highest BCUT2D eigenvalue weighted by Crippen LogP contribution is 2.29. The van der Waals surface area contributed by atoms with Crippen molar-refractivity contribution in [1.29, 1.82) is 0 Å². The van der Waals surface area contributed by atoms with Gasteiger partial charge in [0.1, 0.15) is 0 Å². The minimum Gasteiger partial charge on any atom is -0.285 e. The van der Waals surface area contributed by atoms with Crippen molar-refractivity contribution in [2.45, 2.75) is 17.8 Å². The number of aryl methyl sites for hydroxylation is 1. The quantitative estimate of drug-likeness (QED) is 0.475. The number of nitrogens with one attached hydrogen (secondary N) is 1. The first-order valence-corrected chi connectivity index (χ1v) is 9.88. The fraction of sp³-hybridized carbons (Fsp3) is 0.105. The normalized spacial score (nSPS) is 11.2. The number of nitrogens with zero attached hydrogens (tertiary/aromatic N) is 3. The van der Waals surface area contributed by atoms with Gasteiger partial charge in [0, 0.05) is 21.4 Å². The Bertz CT molecular complexity index is 1170. The molecule has 0 aliphatic carbocycles. The van der Waals surface area contributed by atoms with Crippen LogP contribution in [0, 0.1) is 6.92 Å². The smallest absolute Gasteiger partial charge is 0.285 e. The molecule has 0 atom stereocenters. The Morgan fingerprint density at radius 2 is 1.67 bits per heavy atom. The molecule has 0 spiro atoms. The fourth-order valence-corrected chi connectivity index (χ4v) is 3.84. The SMILES string of the molecule is Cc1nn2c(=O)[nH]c(SCc3ccc(Cl)cc3)nc2c1-c1ccc(Cl)cc1. The summed E-state index contributed by atoms with van der Waals surface area (Å²) in [6.45, 7) is 1.86. The van der Waals surface area contributed by atoms with E-state index in [0.29, 0.717) is 26.6 Å². The first-order chi connectivity index (χ1) is 13.0. The van der Waals surface area contributed by atoms with Crippen molar-refractivity contribution in [1.82, 2.24) is 19.6 Å². The summed E-state index contributed by atoms with van der Waals surface area (Å²) in [5, 5.41) is 6.22. The Kier molecular flexibility index (Phi) is 4.95. The van der Waals surface area contributed by atoms with Crippen LogP contribution < -0.4 is 5.69 Å². The van der Waals surface area contributed by atoms with Crippen molar-refractivity contribution >= 4 is 40.6 Å². The Labute approximate surface area is 169 Å². The van der Waals surface area contributed by atoms with Crippen LogP contribution in [0.25, 0.3) is 16.8 Å². The number of fused-ring (bicyclic) bond motifs is 1. The third-order valence-electron chi connectivity index (χ3n) is 4.07. The van der Waals surface area contributed by atoms with E-state index in [1.807, 2.05) is 55.5 Å². The van der Waals surface area contributed by atoms with Crippen molar-refractivity contribution < 1.29 is 0 Å². The maximum Gasteiger partial charge on any atom is 0.350 e. The molecule has 0 unspecified atom stereocenters. The largest absolute Gasteiger partial charge is 0.350 e. The minimum absolute atomic E-state index is 0.318. The van der Waals surface area contributed by atoms with Gasteiger partial charge in [-0.3, -0.25) is 4.98 Å². The molecule has 136 valence electrons. The van der Waals surface area contributed by atoms with Gasteiger partial charge in [-0.25, -0.2) is 9.78 Å². The van der Waals surface area contributed by atoms with Crippen molar-refractivity contribution in [2.24, 2.45) is 0 Å². The average molecular weight is 417 g/mol. The number of benzene rings is 2. The van der Waals surface area contributed by atoms with Crippen LogP contribution >= 0.6 is 35.0 Å². The van der Waals surface area contributed by atoms with Gasteiger partial charge in [-0.1, -0.05) is 59.2 Å². The van der Waals surface area contributed by atoms with Crippen molar-refractivity contribution in [3.05, 3.63) is 80.3 Å². The molecule has 0 amide bonds. The Balaban J connectivity index is 1.73. The first-order valence-electron chi connectivity index (χ1n) is 8.14. The number of rotatable bonds is 4. The van der Waals surface area contributed by atoms with Gasteiger partial charge in [0.05, 0.1) is 5.69 Å². The van der Waals surface area contributed by atoms with E-state index >= 15 is 0 Å². The maximum absolute atomic E-state index is 12.5. The van der Waals surface area contributed by atoms with E-state index in [0.717, 1.165) is 22.4 Å². The lowest BCUT2D eigenvalue weighted by Crippen LogP contribution is -2.19. The van der Waals surface area contributed by atoms with Crippen molar-refractivity contribution in [2.75, 3.05) is 0 Å². The maximum atomic E-state index is 12.5. The van der Waals surface area contributed by atoms with Crippen LogP contribution in [0.4, 0.5) is 0 Å². The molecule has 8 heteroatoms. The molecule has 2 heterocycles. The number of aromatic amines is 1. The lowest BCUT2D eigenvalue weighted by Gasteiger charge is -2.04. The predicted molar refractivity (Wildman–Crippen MR) is 110 cm³/mol. The standard InChI is InChI=1S/C19H14Cl2N4OS/c1-11-16(13-4-8-15(21)9-5-13)17-22-18(23-19(26)25(17)24-11)27-10-12-2-6-14(20)7-3-12/h2-9H,10H2,1H3,(H,22,23,26). The number of thioether (sulfide) groups is 1. The van der Waals surface area contributed by atoms with Gasteiger partial charge in [0.25, 0.3) is 0 Å². The highest BCUT2D eigenvalue weighted by molar-refractivity contribution is 7.98. The zero-order valence-corrected chi connectivity index (χ0v) is 16.6. The summed E-state index contributed by atoms with van der Waals surface area (Å²) < 4.78 is 1.30. The van der Waals surface area contributed by atoms with E-state index in [9.17, 15) is 4.79 Å². The van der Waals surface area contributed by atoms with Crippen LogP contribution in [0.3, 0.4) is 0 Å². The summed E-state index contributed by atoms with van der Waals surface area (Å²) in [6.07, 6.45) is 0. The summed E-state index contributed by atoms with van der Waals surface area (Å²) in [5.41, 5.74) is 3.77. The molecular formula is C19H14Cl2N4OS. The highest BCUT2D eigenvalue weighted by Gasteiger charge is 2.16. The van der Waals surface area contributed by atoms with Crippen molar-refractivity contribution in [3.63, 3.8) is 0 Å². The molecule has 0 fully saturated rings. The number of H-pyrrole nitrogens is 1. The summed E-state index contributed by atoms with van der Waals surface area (Å²) >= 11 is 13.4. The predicted octanol–water partition coefficient (Wildman–Crippen LogP) is 4.99. The van der Waals surface area contributed by atoms with Crippen LogP contribution in [-0.4, -0.2) is 19.6 Å². The van der Waals surface area contributed by atoms with Gasteiger partial charge in [-0.15, -0.1) is 0 Å². The minimum atomic E-state index is -0.318. The van der Waals surface area contributed by atoms with E-state index in [2.05, 4.69) is 15.1 Å². The number of halogens is 2. The summed E-state index contributed by atoms with van der Waals surface area (Å²) in [6, 6.07) is 15.0. The van der Waals surface area contributed by atoms with E-state index in [4.69, 9.17) is 23.2 Å². The molecule has 2 aromatic heterocycles. The Hall–Kier alpha value is -2.28. The van der Waals surface area contributed by atoms with Crippen LogP contribution in [-0.2, 0) is 5.75 Å². The third-order valence-corrected chi connectivity index (χ3v) is 5.52. The molecule has 1 N–H and O–H groups in total. The van der Waals surface area contributed by atoms with E-state index in [-0.39, 0.29) is 5.69 Å². The summed E-state index contributed by atoms with van der Waals surface area (Å²) in [4.78, 5) is 19.9. The summed E-state index contributed by atoms with van der Waals surface area (Å²) in [5.74, 6) is 0.666. The number of aromatic nitrogens is 4. The molecule has 0 saturated heterocycles. The molecule has 2 aromatic carbocycles. The van der Waals surface area contributed by atoms with Gasteiger partial charge in [-0.2, -0.15) is 9.61 Å². The van der Waals surface area contributed by atoms with E-state index < -0.39 is 0 Å². The molecule has 4 rings (SSSR count). The van der Waals surface area contributed by atoms with Gasteiger partial charge >= 0.3 is 5.69 Å². The highest BCUT2D eigenvalue weighted by atomic mass is 35.5. The Morgan fingerprint density at radius 3 is 2.33 bits per heavy atom. The number of hydrogen-bond acceptors (Lipinski definition) is 4. The van der Waals surface area contributed by atoms with Crippen LogP contribution in [0.2, 0.25) is 10.0 Å². The molecule has 0 radical (unpaired) electrons. The monoisotopic (exact) mass is 416 g/mol. The average Bonchev–Trinajstić information content (AvgIpc) is 2.99. The molecule has 0 saturated carbocycles. The van der Waals surface area contributed by atoms with Gasteiger partial charge in [-0.05, 0) is 42.3 Å². The van der Waals surface area contributed by atoms with Crippen molar-refractivity contribution in [3.8, 4) is 11.1 Å². The van der Waals surface area contributed by atoms with Crippen LogP contribution in [0.1, 0.15) is 11.3 Å². The lowest BCUT2D eigenvalue weighted by molar-refractivity contribution is 0.780. The molecule has 4 aromatic rings. The van der Waals surface area contributed by atoms with E-state index in [1.54, 1.807) is 0 Å². The fourth-order valence-electron chi connectivity index (χ4n) is 2.78.